The fourth-order valence-electron chi connectivity index (χ4n) is 4.25. The third-order valence-electron chi connectivity index (χ3n) is 5.98. The molecule has 0 unspecified atom stereocenters. The van der Waals surface area contributed by atoms with E-state index in [1.54, 1.807) is 15.9 Å². The Morgan fingerprint density at radius 2 is 1.88 bits per heavy atom. The van der Waals surface area contributed by atoms with Crippen molar-refractivity contribution in [3.63, 3.8) is 0 Å². The molecule has 0 bridgehead atoms. The van der Waals surface area contributed by atoms with Crippen LogP contribution < -0.4 is 10.9 Å². The van der Waals surface area contributed by atoms with Crippen LogP contribution in [0.15, 0.2) is 70.6 Å². The predicted molar refractivity (Wildman–Crippen MR) is 135 cm³/mol. The molecule has 2 heterocycles. The molecule has 1 atom stereocenters. The minimum atomic E-state index is -0.0860. The number of hydrogen-bond donors (Lipinski definition) is 1. The maximum atomic E-state index is 13.7. The maximum Gasteiger partial charge on any atom is 0.267 e. The van der Waals surface area contributed by atoms with Gasteiger partial charge >= 0.3 is 0 Å². The first-order valence-electron chi connectivity index (χ1n) is 11.2. The van der Waals surface area contributed by atoms with Gasteiger partial charge in [-0.25, -0.2) is 4.98 Å². The number of aryl methyl sites for hydroxylation is 1. The number of aromatic nitrogens is 2. The number of thioether (sulfide) groups is 1. The third kappa shape index (κ3) is 4.61. The summed E-state index contributed by atoms with van der Waals surface area (Å²) in [7, 11) is 0. The Morgan fingerprint density at radius 3 is 2.64 bits per heavy atom. The van der Waals surface area contributed by atoms with Crippen LogP contribution in [-0.2, 0) is 24.2 Å². The number of para-hydroxylation sites is 1. The molecule has 5 nitrogen and oxygen atoms in total. The maximum absolute atomic E-state index is 13.7. The second kappa shape index (κ2) is 9.53. The average molecular weight is 476 g/mol. The highest BCUT2D eigenvalue weighted by molar-refractivity contribution is 7.99. The van der Waals surface area contributed by atoms with Crippen LogP contribution in [0.5, 0.6) is 0 Å². The highest BCUT2D eigenvalue weighted by Crippen LogP contribution is 2.37. The first kappa shape index (κ1) is 21.9. The van der Waals surface area contributed by atoms with Gasteiger partial charge in [-0.15, -0.1) is 11.3 Å². The number of thiophene rings is 1. The molecule has 0 spiro atoms. The Bertz CT molecular complexity index is 1350. The van der Waals surface area contributed by atoms with Crippen LogP contribution >= 0.6 is 23.1 Å². The highest BCUT2D eigenvalue weighted by Gasteiger charge is 2.25. The number of carbonyl (C=O) groups is 1. The Labute approximate surface area is 200 Å². The van der Waals surface area contributed by atoms with Crippen molar-refractivity contribution in [2.24, 2.45) is 5.92 Å². The van der Waals surface area contributed by atoms with E-state index in [-0.39, 0.29) is 17.2 Å². The van der Waals surface area contributed by atoms with Gasteiger partial charge in [0.25, 0.3) is 5.56 Å². The number of carbonyl (C=O) groups excluding carboxylic acids is 1. The lowest BCUT2D eigenvalue weighted by Gasteiger charge is -2.17. The number of amides is 1. The minimum absolute atomic E-state index is 0.0366. The van der Waals surface area contributed by atoms with E-state index in [9.17, 15) is 9.59 Å². The van der Waals surface area contributed by atoms with Crippen molar-refractivity contribution in [2.75, 3.05) is 5.75 Å². The van der Waals surface area contributed by atoms with Crippen molar-refractivity contribution in [1.82, 2.24) is 14.9 Å². The van der Waals surface area contributed by atoms with Gasteiger partial charge in [0.2, 0.25) is 5.91 Å². The molecule has 0 radical (unpaired) electrons. The summed E-state index contributed by atoms with van der Waals surface area (Å²) in [5.74, 6) is 0.737. The smallest absolute Gasteiger partial charge is 0.267 e. The first-order chi connectivity index (χ1) is 16.1. The molecule has 5 rings (SSSR count). The molecule has 4 aromatic rings. The van der Waals surface area contributed by atoms with Crippen molar-refractivity contribution in [3.8, 4) is 5.69 Å². The van der Waals surface area contributed by atoms with Crippen LogP contribution in [0.3, 0.4) is 0 Å². The highest BCUT2D eigenvalue weighted by atomic mass is 32.2. The summed E-state index contributed by atoms with van der Waals surface area (Å²) in [4.78, 5) is 33.2. The molecule has 0 saturated carbocycles. The lowest BCUT2D eigenvalue weighted by atomic mass is 9.89. The molecule has 2 aromatic carbocycles. The topological polar surface area (TPSA) is 64.0 Å². The molecule has 0 saturated heterocycles. The van der Waals surface area contributed by atoms with Gasteiger partial charge in [-0.3, -0.25) is 14.2 Å². The van der Waals surface area contributed by atoms with E-state index in [0.29, 0.717) is 17.6 Å². The zero-order valence-corrected chi connectivity index (χ0v) is 20.0. The van der Waals surface area contributed by atoms with Crippen LogP contribution in [0, 0.1) is 5.92 Å². The molecule has 1 aliphatic carbocycles. The van der Waals surface area contributed by atoms with Crippen LogP contribution in [0.4, 0.5) is 0 Å². The van der Waals surface area contributed by atoms with Gasteiger partial charge in [0.15, 0.2) is 5.16 Å². The summed E-state index contributed by atoms with van der Waals surface area (Å²) >= 11 is 2.95. The summed E-state index contributed by atoms with van der Waals surface area (Å²) in [6.07, 6.45) is 3.03. The largest absolute Gasteiger partial charge is 0.351 e. The Hall–Kier alpha value is -2.90. The molecular weight excluding hydrogens is 450 g/mol. The van der Waals surface area contributed by atoms with Crippen LogP contribution in [-0.4, -0.2) is 21.2 Å². The van der Waals surface area contributed by atoms with Crippen LogP contribution in [0.25, 0.3) is 15.9 Å². The van der Waals surface area contributed by atoms with Gasteiger partial charge in [-0.05, 0) is 48.4 Å². The lowest BCUT2D eigenvalue weighted by molar-refractivity contribution is -0.118. The van der Waals surface area contributed by atoms with Crippen LogP contribution in [0.2, 0.25) is 0 Å². The Kier molecular flexibility index (Phi) is 6.33. The van der Waals surface area contributed by atoms with E-state index in [4.69, 9.17) is 4.98 Å². The van der Waals surface area contributed by atoms with Crippen molar-refractivity contribution in [3.05, 3.63) is 87.0 Å². The van der Waals surface area contributed by atoms with Crippen molar-refractivity contribution >= 4 is 39.2 Å². The van der Waals surface area contributed by atoms with Crippen molar-refractivity contribution in [1.29, 1.82) is 0 Å². The molecule has 1 N–H and O–H groups in total. The number of fused-ring (bicyclic) bond motifs is 3. The fraction of sp³-hybridized carbons (Fsp3) is 0.269. The fourth-order valence-corrected chi connectivity index (χ4v) is 6.52. The predicted octanol–water partition coefficient (Wildman–Crippen LogP) is 4.98. The van der Waals surface area contributed by atoms with Crippen molar-refractivity contribution < 1.29 is 4.79 Å². The zero-order valence-electron chi connectivity index (χ0n) is 18.4. The van der Waals surface area contributed by atoms with E-state index in [1.165, 1.54) is 22.2 Å². The van der Waals surface area contributed by atoms with E-state index < -0.39 is 0 Å². The zero-order chi connectivity index (χ0) is 22.8. The summed E-state index contributed by atoms with van der Waals surface area (Å²) in [6, 6.07) is 19.4. The number of nitrogens with zero attached hydrogens (tertiary/aromatic N) is 2. The second-order valence-electron chi connectivity index (χ2n) is 8.45. The Morgan fingerprint density at radius 1 is 1.15 bits per heavy atom. The van der Waals surface area contributed by atoms with Crippen molar-refractivity contribution in [2.45, 2.75) is 37.9 Å². The number of benzene rings is 2. The Balaban J connectivity index is 1.47. The molecule has 168 valence electrons. The molecule has 33 heavy (non-hydrogen) atoms. The molecule has 1 amide bonds. The summed E-state index contributed by atoms with van der Waals surface area (Å²) < 4.78 is 1.67. The quantitative estimate of drug-likeness (QED) is 0.316. The van der Waals surface area contributed by atoms with Gasteiger partial charge in [0, 0.05) is 11.4 Å². The monoisotopic (exact) mass is 475 g/mol. The number of rotatable bonds is 6. The first-order valence-corrected chi connectivity index (χ1v) is 13.0. The number of hydrogen-bond acceptors (Lipinski definition) is 5. The molecule has 2 aromatic heterocycles. The van der Waals surface area contributed by atoms with E-state index >= 15 is 0 Å². The SMILES string of the molecule is C[C@H]1CCc2c(sc3nc(SCC(=O)NCc4ccccc4)n(-c4ccccc4)c(=O)c23)C1. The second-order valence-corrected chi connectivity index (χ2v) is 10.5. The average Bonchev–Trinajstić information content (AvgIpc) is 3.20. The van der Waals surface area contributed by atoms with Crippen LogP contribution in [0.1, 0.15) is 29.3 Å². The molecular formula is C26H25N3O2S2. The number of nitrogens with one attached hydrogen (secondary N) is 1. The molecule has 0 aliphatic heterocycles. The lowest BCUT2D eigenvalue weighted by Crippen LogP contribution is -2.26. The summed E-state index contributed by atoms with van der Waals surface area (Å²) in [5.41, 5.74) is 2.96. The van der Waals surface area contributed by atoms with E-state index in [2.05, 4.69) is 12.2 Å². The third-order valence-corrected chi connectivity index (χ3v) is 8.06. The van der Waals surface area contributed by atoms with Gasteiger partial charge in [0.1, 0.15) is 4.83 Å². The molecule has 1 aliphatic rings. The molecule has 7 heteroatoms. The van der Waals surface area contributed by atoms with E-state index in [1.807, 2.05) is 60.7 Å². The van der Waals surface area contributed by atoms with Gasteiger partial charge < -0.3 is 5.32 Å². The normalized spacial score (nSPS) is 15.4. The summed E-state index contributed by atoms with van der Waals surface area (Å²) in [5, 5.41) is 4.26. The van der Waals surface area contributed by atoms with Gasteiger partial charge in [-0.2, -0.15) is 0 Å². The minimum Gasteiger partial charge on any atom is -0.351 e. The van der Waals surface area contributed by atoms with E-state index in [0.717, 1.165) is 40.7 Å². The van der Waals surface area contributed by atoms with Gasteiger partial charge in [-0.1, -0.05) is 67.2 Å². The summed E-state index contributed by atoms with van der Waals surface area (Å²) in [6.45, 7) is 2.74. The standard InChI is InChI=1S/C26H25N3O2S2/c1-17-12-13-20-21(14-17)33-24-23(20)25(31)29(19-10-6-3-7-11-19)26(28-24)32-16-22(30)27-15-18-8-4-2-5-9-18/h2-11,17H,12-16H2,1H3,(H,27,30)/t17-/m0/s1. The van der Waals surface area contributed by atoms with Gasteiger partial charge in [0.05, 0.1) is 16.8 Å². The molecule has 0 fully saturated rings.